The molecule has 8 heteroatoms. The topological polar surface area (TPSA) is 95.6 Å². The molecule has 43 heavy (non-hydrogen) atoms. The SMILES string of the molecule is CC(C)(C)CC(C)(C)Nc1nc2nc(n1)N1C(C)(C)CC(N=C3C(N)C4CCCCCCN(C3(C)C)C4(C)C)C2C1(C)C. The van der Waals surface area contributed by atoms with Gasteiger partial charge in [-0.1, -0.05) is 40.0 Å². The molecule has 3 N–H and O–H groups in total. The third-order valence-corrected chi connectivity index (χ3v) is 11.2. The van der Waals surface area contributed by atoms with Gasteiger partial charge in [-0.05, 0) is 113 Å². The fourth-order valence-electron chi connectivity index (χ4n) is 10.2. The van der Waals surface area contributed by atoms with Gasteiger partial charge in [0.05, 0.1) is 23.0 Å². The Labute approximate surface area is 262 Å². The van der Waals surface area contributed by atoms with Crippen LogP contribution in [0.5, 0.6) is 0 Å². The number of hydrogen-bond acceptors (Lipinski definition) is 8. The molecule has 5 heterocycles. The third kappa shape index (κ3) is 5.73. The lowest BCUT2D eigenvalue weighted by atomic mass is 9.65. The monoisotopic (exact) mass is 595 g/mol. The van der Waals surface area contributed by atoms with E-state index in [4.69, 9.17) is 25.7 Å². The summed E-state index contributed by atoms with van der Waals surface area (Å²) in [6, 6.07) is -0.0297. The Morgan fingerprint density at radius 3 is 2.19 bits per heavy atom. The van der Waals surface area contributed by atoms with Gasteiger partial charge in [0.15, 0.2) is 0 Å². The van der Waals surface area contributed by atoms with Crippen molar-refractivity contribution in [3.05, 3.63) is 5.82 Å². The van der Waals surface area contributed by atoms with Crippen LogP contribution < -0.4 is 16.0 Å². The van der Waals surface area contributed by atoms with Gasteiger partial charge in [0.1, 0.15) is 5.82 Å². The second-order valence-corrected chi connectivity index (χ2v) is 18.3. The molecule has 3 fully saturated rings. The number of nitrogens with one attached hydrogen (secondary N) is 1. The highest BCUT2D eigenvalue weighted by Gasteiger charge is 2.59. The smallest absolute Gasteiger partial charge is 0.231 e. The number of aromatic nitrogens is 3. The van der Waals surface area contributed by atoms with Crippen LogP contribution in [0.1, 0.15) is 147 Å². The van der Waals surface area contributed by atoms with E-state index in [1.54, 1.807) is 0 Å². The maximum Gasteiger partial charge on any atom is 0.231 e. The van der Waals surface area contributed by atoms with E-state index in [2.05, 4.69) is 105 Å². The Balaban J connectivity index is 1.60. The number of nitrogens with two attached hydrogens (primary N) is 1. The Kier molecular flexibility index (Phi) is 7.86. The summed E-state index contributed by atoms with van der Waals surface area (Å²) in [7, 11) is 0. The maximum atomic E-state index is 7.32. The molecule has 0 aliphatic carbocycles. The second kappa shape index (κ2) is 10.4. The summed E-state index contributed by atoms with van der Waals surface area (Å²) in [5, 5.41) is 3.69. The Hall–Kier alpha value is -1.80. The van der Waals surface area contributed by atoms with E-state index in [9.17, 15) is 0 Å². The van der Waals surface area contributed by atoms with Gasteiger partial charge < -0.3 is 16.0 Å². The van der Waals surface area contributed by atoms with Crippen molar-refractivity contribution in [2.24, 2.45) is 22.1 Å². The van der Waals surface area contributed by atoms with Gasteiger partial charge in [-0.15, -0.1) is 0 Å². The van der Waals surface area contributed by atoms with Crippen molar-refractivity contribution >= 4 is 17.6 Å². The average Bonchev–Trinajstić information content (AvgIpc) is 2.84. The summed E-state index contributed by atoms with van der Waals surface area (Å²) in [6.45, 7) is 31.3. The molecule has 1 aromatic rings. The number of hydrogen-bond donors (Lipinski definition) is 2. The highest BCUT2D eigenvalue weighted by molar-refractivity contribution is 5.98. The summed E-state index contributed by atoms with van der Waals surface area (Å²) in [5.41, 5.74) is 7.90. The zero-order valence-electron chi connectivity index (χ0n) is 29.7. The number of anilines is 2. The van der Waals surface area contributed by atoms with E-state index in [0.29, 0.717) is 11.9 Å². The van der Waals surface area contributed by atoms with E-state index in [1.807, 2.05) is 0 Å². The minimum Gasteiger partial charge on any atom is -0.349 e. The fourth-order valence-corrected chi connectivity index (χ4v) is 10.2. The molecule has 8 nitrogen and oxygen atoms in total. The molecule has 3 saturated heterocycles. The molecule has 0 aromatic carbocycles. The first-order valence-corrected chi connectivity index (χ1v) is 17.0. The third-order valence-electron chi connectivity index (χ3n) is 11.2. The molecule has 242 valence electrons. The van der Waals surface area contributed by atoms with Crippen molar-refractivity contribution in [3.63, 3.8) is 0 Å². The molecule has 5 unspecified atom stereocenters. The van der Waals surface area contributed by atoms with Crippen LogP contribution in [0, 0.1) is 11.3 Å². The van der Waals surface area contributed by atoms with E-state index in [-0.39, 0.29) is 51.1 Å². The Morgan fingerprint density at radius 2 is 1.53 bits per heavy atom. The summed E-state index contributed by atoms with van der Waals surface area (Å²) < 4.78 is 0. The van der Waals surface area contributed by atoms with Crippen molar-refractivity contribution < 1.29 is 0 Å². The summed E-state index contributed by atoms with van der Waals surface area (Å²) in [4.78, 5) is 26.2. The second-order valence-electron chi connectivity index (χ2n) is 18.3. The molecule has 0 saturated carbocycles. The van der Waals surface area contributed by atoms with Gasteiger partial charge in [0.25, 0.3) is 0 Å². The molecule has 0 amide bonds. The van der Waals surface area contributed by atoms with E-state index in [1.165, 1.54) is 31.4 Å². The van der Waals surface area contributed by atoms with Gasteiger partial charge in [0, 0.05) is 28.4 Å². The maximum absolute atomic E-state index is 7.32. The standard InChI is InChI=1S/C35H62N8/c1-30(2,3)21-31(4,5)41-28-38-27-24-23(20-32(6,7)43(34(24,10)11)29(39-27)40-28)37-26-25(36)22-18-16-14-15-17-19-42(33(22,8)9)35(26,12)13/h22-25H,14-21,36H2,1-13H3,(H,38,39,40,41). The van der Waals surface area contributed by atoms with Crippen molar-refractivity contribution in [2.75, 3.05) is 16.8 Å². The number of aliphatic imine (C=N–C) groups is 1. The molecule has 6 bridgehead atoms. The van der Waals surface area contributed by atoms with Crippen molar-refractivity contribution in [1.82, 2.24) is 19.9 Å². The predicted molar refractivity (Wildman–Crippen MR) is 180 cm³/mol. The van der Waals surface area contributed by atoms with Crippen molar-refractivity contribution in [1.29, 1.82) is 0 Å². The zero-order chi connectivity index (χ0) is 32.0. The molecule has 0 radical (unpaired) electrons. The van der Waals surface area contributed by atoms with Crippen LogP contribution in [-0.4, -0.2) is 71.9 Å². The van der Waals surface area contributed by atoms with Crippen molar-refractivity contribution in [3.8, 4) is 0 Å². The summed E-state index contributed by atoms with van der Waals surface area (Å²) in [6.07, 6.45) is 8.15. The lowest BCUT2D eigenvalue weighted by Crippen LogP contribution is -2.73. The molecule has 5 rings (SSSR count). The highest BCUT2D eigenvalue weighted by atomic mass is 15.4. The summed E-state index contributed by atoms with van der Waals surface area (Å²) in [5.74, 6) is 2.73. The van der Waals surface area contributed by atoms with Crippen LogP contribution in [0.4, 0.5) is 11.9 Å². The fraction of sp³-hybridized carbons (Fsp3) is 0.886. The first-order chi connectivity index (χ1) is 19.6. The molecule has 4 aliphatic rings. The first-order valence-electron chi connectivity index (χ1n) is 17.0. The average molecular weight is 595 g/mol. The van der Waals surface area contributed by atoms with Crippen LogP contribution in [0.15, 0.2) is 4.99 Å². The Morgan fingerprint density at radius 1 is 0.884 bits per heavy atom. The van der Waals surface area contributed by atoms with E-state index < -0.39 is 0 Å². The van der Waals surface area contributed by atoms with Crippen LogP contribution in [0.25, 0.3) is 0 Å². The molecule has 4 aliphatic heterocycles. The normalized spacial score (nSPS) is 33.8. The van der Waals surface area contributed by atoms with Gasteiger partial charge in [-0.25, -0.2) is 0 Å². The van der Waals surface area contributed by atoms with Gasteiger partial charge in [-0.2, -0.15) is 15.0 Å². The molecule has 0 spiro atoms. The van der Waals surface area contributed by atoms with Crippen LogP contribution in [0.2, 0.25) is 0 Å². The van der Waals surface area contributed by atoms with Crippen LogP contribution in [-0.2, 0) is 0 Å². The van der Waals surface area contributed by atoms with Gasteiger partial charge in [0.2, 0.25) is 11.9 Å². The quantitative estimate of drug-likeness (QED) is 0.389. The molecular formula is C35H62N8. The lowest BCUT2D eigenvalue weighted by Gasteiger charge is -2.61. The van der Waals surface area contributed by atoms with Crippen LogP contribution in [0.3, 0.4) is 0 Å². The number of fused-ring (bicyclic) bond motifs is 8. The molecule has 1 aromatic heterocycles. The van der Waals surface area contributed by atoms with Gasteiger partial charge in [-0.3, -0.25) is 9.89 Å². The largest absolute Gasteiger partial charge is 0.349 e. The number of nitrogens with zero attached hydrogens (tertiary/aromatic N) is 6. The molecular weight excluding hydrogens is 532 g/mol. The highest BCUT2D eigenvalue weighted by Crippen LogP contribution is 2.53. The predicted octanol–water partition coefficient (Wildman–Crippen LogP) is 6.95. The Bertz CT molecular complexity index is 1240. The number of piperidine rings is 2. The van der Waals surface area contributed by atoms with E-state index in [0.717, 1.165) is 37.6 Å². The first kappa shape index (κ1) is 32.6. The van der Waals surface area contributed by atoms with Crippen LogP contribution >= 0.6 is 0 Å². The summed E-state index contributed by atoms with van der Waals surface area (Å²) >= 11 is 0. The van der Waals surface area contributed by atoms with Gasteiger partial charge >= 0.3 is 0 Å². The zero-order valence-corrected chi connectivity index (χ0v) is 29.7. The van der Waals surface area contributed by atoms with E-state index >= 15 is 0 Å². The lowest BCUT2D eigenvalue weighted by molar-refractivity contribution is -0.0160. The van der Waals surface area contributed by atoms with Crippen molar-refractivity contribution in [2.45, 2.75) is 181 Å². The minimum absolute atomic E-state index is 0.0291. The minimum atomic E-state index is -0.244. The molecule has 5 atom stereocenters. The number of rotatable bonds is 4.